The number of aliphatic hydroxyl groups excluding tert-OH is 1. The maximum Gasteiger partial charge on any atom is 0.268 e. The third-order valence-corrected chi connectivity index (χ3v) is 14.8. The van der Waals surface area contributed by atoms with E-state index in [1.807, 2.05) is 27.2 Å². The molecule has 0 saturated carbocycles. The molecule has 8 nitrogen and oxygen atoms in total. The lowest BCUT2D eigenvalue weighted by Crippen LogP contribution is -2.45. The van der Waals surface area contributed by atoms with Crippen LogP contribution in [0.1, 0.15) is 296 Å². The Labute approximate surface area is 436 Å². The molecule has 0 aliphatic carbocycles. The van der Waals surface area contributed by atoms with Gasteiger partial charge in [0.1, 0.15) is 13.2 Å². The van der Waals surface area contributed by atoms with Crippen molar-refractivity contribution < 1.29 is 32.9 Å². The van der Waals surface area contributed by atoms with E-state index in [9.17, 15) is 19.4 Å². The number of unbranched alkanes of at least 4 members (excludes halogenated alkanes) is 39. The summed E-state index contributed by atoms with van der Waals surface area (Å²) >= 11 is 0. The number of hydrogen-bond acceptors (Lipinski definition) is 6. The van der Waals surface area contributed by atoms with Crippen LogP contribution in [0.15, 0.2) is 36.5 Å². The van der Waals surface area contributed by atoms with Gasteiger partial charge in [-0.15, -0.1) is 0 Å². The van der Waals surface area contributed by atoms with Crippen molar-refractivity contribution in [2.75, 3.05) is 40.9 Å². The molecule has 0 heterocycles. The first-order chi connectivity index (χ1) is 34.0. The van der Waals surface area contributed by atoms with E-state index in [0.717, 1.165) is 44.9 Å². The molecule has 0 aromatic rings. The minimum Gasteiger partial charge on any atom is -0.756 e. The van der Waals surface area contributed by atoms with Gasteiger partial charge in [0.15, 0.2) is 0 Å². The van der Waals surface area contributed by atoms with E-state index in [2.05, 4.69) is 43.5 Å². The highest BCUT2D eigenvalue weighted by Crippen LogP contribution is 2.38. The van der Waals surface area contributed by atoms with Gasteiger partial charge in [0, 0.05) is 6.42 Å². The van der Waals surface area contributed by atoms with Crippen LogP contribution in [-0.2, 0) is 18.4 Å². The van der Waals surface area contributed by atoms with Crippen LogP contribution in [-0.4, -0.2) is 68.5 Å². The quantitative estimate of drug-likeness (QED) is 0.0272. The molecule has 0 radical (unpaired) electrons. The van der Waals surface area contributed by atoms with Gasteiger partial charge < -0.3 is 28.8 Å². The molecule has 0 aromatic heterocycles. The SMILES string of the molecule is CCCCCCCCCCCCCC/C=C/CC/C=C/CC/C=C/C(O)C(COP(=O)([O-])OCC[N+](C)(C)C)NC(=O)CCCCCCCCCCCCCCCCCCCCCCCCCCCC. The highest BCUT2D eigenvalue weighted by atomic mass is 31.2. The molecule has 70 heavy (non-hydrogen) atoms. The number of aliphatic hydroxyl groups is 1. The van der Waals surface area contributed by atoms with Gasteiger partial charge in [-0.2, -0.15) is 0 Å². The third kappa shape index (κ3) is 54.5. The van der Waals surface area contributed by atoms with Crippen LogP contribution in [0.3, 0.4) is 0 Å². The molecule has 0 fully saturated rings. The molecule has 0 aliphatic heterocycles. The summed E-state index contributed by atoms with van der Waals surface area (Å²) in [5, 5.41) is 13.9. The molecule has 0 aliphatic rings. The van der Waals surface area contributed by atoms with Gasteiger partial charge in [-0.05, 0) is 44.9 Å². The second-order valence-corrected chi connectivity index (χ2v) is 23.5. The van der Waals surface area contributed by atoms with E-state index < -0.39 is 26.6 Å². The van der Waals surface area contributed by atoms with Gasteiger partial charge >= 0.3 is 0 Å². The highest BCUT2D eigenvalue weighted by Gasteiger charge is 2.23. The van der Waals surface area contributed by atoms with Crippen LogP contribution < -0.4 is 10.2 Å². The summed E-state index contributed by atoms with van der Waals surface area (Å²) in [5.41, 5.74) is 0. The lowest BCUT2D eigenvalue weighted by molar-refractivity contribution is -0.870. The zero-order chi connectivity index (χ0) is 51.3. The van der Waals surface area contributed by atoms with E-state index in [1.54, 1.807) is 6.08 Å². The monoisotopic (exact) mass is 1010 g/mol. The number of likely N-dealkylation sites (N-methyl/N-ethyl adjacent to an activating group) is 1. The van der Waals surface area contributed by atoms with Crippen molar-refractivity contribution in [2.45, 2.75) is 309 Å². The standard InChI is InChI=1S/C61H119N2O6P/c1-6-8-10-12-14-16-18-20-22-24-26-28-30-31-32-33-35-37-39-41-43-45-47-49-51-53-55-61(65)62-59(58-69-70(66,67)68-57-56-63(3,4)5)60(64)54-52-50-48-46-44-42-40-38-36-34-29-27-25-23-21-19-17-15-13-11-9-7-2/h36,38,44,46,52,54,59-60,64H,6-35,37,39-43,45,47-51,53,55-58H2,1-5H3,(H-,62,65,66,67)/b38-36+,46-44+,54-52+. The van der Waals surface area contributed by atoms with Crippen LogP contribution >= 0.6 is 7.82 Å². The first-order valence-corrected chi connectivity index (χ1v) is 31.8. The van der Waals surface area contributed by atoms with Crippen molar-refractivity contribution in [1.82, 2.24) is 5.32 Å². The zero-order valence-electron chi connectivity index (χ0n) is 47.2. The number of amides is 1. The number of hydrogen-bond donors (Lipinski definition) is 2. The summed E-state index contributed by atoms with van der Waals surface area (Å²) in [6.07, 6.45) is 68.1. The summed E-state index contributed by atoms with van der Waals surface area (Å²) < 4.78 is 23.4. The van der Waals surface area contributed by atoms with Crippen LogP contribution in [0.2, 0.25) is 0 Å². The lowest BCUT2D eigenvalue weighted by Gasteiger charge is -2.29. The Hall–Kier alpha value is -1.28. The smallest absolute Gasteiger partial charge is 0.268 e. The van der Waals surface area contributed by atoms with Gasteiger partial charge in [0.2, 0.25) is 5.91 Å². The third-order valence-electron chi connectivity index (χ3n) is 13.8. The summed E-state index contributed by atoms with van der Waals surface area (Å²) in [6.45, 7) is 4.66. The number of phosphoric ester groups is 1. The first kappa shape index (κ1) is 68.7. The topological polar surface area (TPSA) is 108 Å². The van der Waals surface area contributed by atoms with Gasteiger partial charge in [0.05, 0.1) is 39.9 Å². The maximum atomic E-state index is 13.0. The molecular weight excluding hydrogens is 888 g/mol. The second kappa shape index (κ2) is 52.6. The Balaban J connectivity index is 4.20. The molecule has 3 atom stereocenters. The van der Waals surface area contributed by atoms with Gasteiger partial charge in [-0.3, -0.25) is 9.36 Å². The number of carbonyl (C=O) groups excluding carboxylic acids is 1. The number of allylic oxidation sites excluding steroid dienone is 5. The van der Waals surface area contributed by atoms with E-state index in [-0.39, 0.29) is 12.5 Å². The van der Waals surface area contributed by atoms with E-state index in [0.29, 0.717) is 17.4 Å². The highest BCUT2D eigenvalue weighted by molar-refractivity contribution is 7.45. The molecule has 0 spiro atoms. The zero-order valence-corrected chi connectivity index (χ0v) is 48.1. The van der Waals surface area contributed by atoms with Gasteiger partial charge in [0.25, 0.3) is 7.82 Å². The fourth-order valence-corrected chi connectivity index (χ4v) is 9.79. The van der Waals surface area contributed by atoms with Crippen molar-refractivity contribution in [3.05, 3.63) is 36.5 Å². The Kier molecular flexibility index (Phi) is 51.6. The van der Waals surface area contributed by atoms with Crippen LogP contribution in [0.25, 0.3) is 0 Å². The summed E-state index contributed by atoms with van der Waals surface area (Å²) in [5.74, 6) is -0.205. The summed E-state index contributed by atoms with van der Waals surface area (Å²) in [6, 6.07) is -0.908. The van der Waals surface area contributed by atoms with Crippen molar-refractivity contribution in [3.63, 3.8) is 0 Å². The van der Waals surface area contributed by atoms with Crippen molar-refractivity contribution in [3.8, 4) is 0 Å². The van der Waals surface area contributed by atoms with Gasteiger partial charge in [-0.25, -0.2) is 0 Å². The van der Waals surface area contributed by atoms with Crippen LogP contribution in [0.5, 0.6) is 0 Å². The van der Waals surface area contributed by atoms with Crippen LogP contribution in [0, 0.1) is 0 Å². The predicted molar refractivity (Wildman–Crippen MR) is 302 cm³/mol. The second-order valence-electron chi connectivity index (χ2n) is 22.0. The van der Waals surface area contributed by atoms with E-state index in [1.165, 1.54) is 231 Å². The summed E-state index contributed by atoms with van der Waals surface area (Å²) in [7, 11) is 1.25. The molecule has 9 heteroatoms. The predicted octanol–water partition coefficient (Wildman–Crippen LogP) is 17.9. The molecule has 0 rings (SSSR count). The molecule has 0 bridgehead atoms. The molecule has 414 valence electrons. The molecular formula is C61H119N2O6P. The minimum absolute atomic E-state index is 0.00729. The average molecular weight is 1010 g/mol. The van der Waals surface area contributed by atoms with Crippen molar-refractivity contribution >= 4 is 13.7 Å². The fraction of sp³-hybridized carbons (Fsp3) is 0.885. The number of quaternary nitrogens is 1. The maximum absolute atomic E-state index is 13.0. The van der Waals surface area contributed by atoms with E-state index in [4.69, 9.17) is 9.05 Å². The number of nitrogens with one attached hydrogen (secondary N) is 1. The molecule has 1 amide bonds. The van der Waals surface area contributed by atoms with E-state index >= 15 is 0 Å². The summed E-state index contributed by atoms with van der Waals surface area (Å²) in [4.78, 5) is 25.5. The Morgan fingerprint density at radius 1 is 0.486 bits per heavy atom. The molecule has 0 saturated heterocycles. The fourth-order valence-electron chi connectivity index (χ4n) is 9.07. The average Bonchev–Trinajstić information content (AvgIpc) is 3.32. The number of rotatable bonds is 56. The van der Waals surface area contributed by atoms with Crippen molar-refractivity contribution in [2.24, 2.45) is 0 Å². The number of nitrogens with zero attached hydrogens (tertiary/aromatic N) is 1. The lowest BCUT2D eigenvalue weighted by atomic mass is 10.0. The Morgan fingerprint density at radius 3 is 1.16 bits per heavy atom. The minimum atomic E-state index is -4.61. The van der Waals surface area contributed by atoms with Crippen molar-refractivity contribution in [1.29, 1.82) is 0 Å². The number of phosphoric acid groups is 1. The largest absolute Gasteiger partial charge is 0.756 e. The Morgan fingerprint density at radius 2 is 0.800 bits per heavy atom. The molecule has 0 aromatic carbocycles. The van der Waals surface area contributed by atoms with Gasteiger partial charge in [-0.1, -0.05) is 281 Å². The van der Waals surface area contributed by atoms with Crippen LogP contribution in [0.4, 0.5) is 0 Å². The first-order valence-electron chi connectivity index (χ1n) is 30.4. The normalized spacial score (nSPS) is 14.1. The molecule has 3 unspecified atom stereocenters. The Bertz CT molecular complexity index is 1230. The number of carbonyl (C=O) groups is 1. The molecule has 2 N–H and O–H groups in total.